The van der Waals surface area contributed by atoms with E-state index in [0.717, 1.165) is 32.4 Å². The number of carbonyl (C=O) groups excluding carboxylic acids is 1. The molecule has 0 saturated heterocycles. The Balaban J connectivity index is 1.90. The molecular weight excluding hydrogens is 240 g/mol. The SMILES string of the molecule is CC(C)(C)OC(=O)N(CCC1(CN)CC1)C1CCC1. The van der Waals surface area contributed by atoms with Crippen LogP contribution in [0.25, 0.3) is 0 Å². The number of amides is 1. The highest BCUT2D eigenvalue weighted by Gasteiger charge is 2.42. The summed E-state index contributed by atoms with van der Waals surface area (Å²) >= 11 is 0. The van der Waals surface area contributed by atoms with Crippen LogP contribution in [0.5, 0.6) is 0 Å². The Morgan fingerprint density at radius 3 is 2.37 bits per heavy atom. The summed E-state index contributed by atoms with van der Waals surface area (Å²) in [6.45, 7) is 7.32. The lowest BCUT2D eigenvalue weighted by Gasteiger charge is -2.39. The van der Waals surface area contributed by atoms with Crippen molar-refractivity contribution in [1.82, 2.24) is 4.90 Å². The maximum Gasteiger partial charge on any atom is 0.410 e. The molecule has 2 aliphatic rings. The molecule has 0 unspecified atom stereocenters. The Kier molecular flexibility index (Phi) is 4.09. The number of ether oxygens (including phenoxy) is 1. The number of carbonyl (C=O) groups is 1. The second kappa shape index (κ2) is 5.31. The van der Waals surface area contributed by atoms with E-state index in [1.165, 1.54) is 19.3 Å². The standard InChI is InChI=1S/C15H28N2O2/c1-14(2,3)19-13(18)17(12-5-4-6-12)10-9-15(11-16)7-8-15/h12H,4-11,16H2,1-3H3. The lowest BCUT2D eigenvalue weighted by Crippen LogP contribution is -2.47. The molecule has 0 radical (unpaired) electrons. The number of nitrogens with two attached hydrogens (primary N) is 1. The summed E-state index contributed by atoms with van der Waals surface area (Å²) in [4.78, 5) is 14.2. The molecule has 0 aliphatic heterocycles. The van der Waals surface area contributed by atoms with Gasteiger partial charge in [-0.1, -0.05) is 0 Å². The maximum atomic E-state index is 12.3. The third-order valence-electron chi connectivity index (χ3n) is 4.42. The summed E-state index contributed by atoms with van der Waals surface area (Å²) in [5.41, 5.74) is 5.73. The third kappa shape index (κ3) is 3.85. The summed E-state index contributed by atoms with van der Waals surface area (Å²) in [6.07, 6.45) is 6.78. The molecule has 0 aromatic rings. The van der Waals surface area contributed by atoms with Crippen LogP contribution < -0.4 is 5.73 Å². The molecule has 0 aromatic heterocycles. The maximum absolute atomic E-state index is 12.3. The van der Waals surface area contributed by atoms with Crippen LogP contribution >= 0.6 is 0 Å². The largest absolute Gasteiger partial charge is 0.444 e. The molecule has 2 aliphatic carbocycles. The van der Waals surface area contributed by atoms with Gasteiger partial charge in [0.25, 0.3) is 0 Å². The van der Waals surface area contributed by atoms with Crippen molar-refractivity contribution in [2.24, 2.45) is 11.1 Å². The van der Waals surface area contributed by atoms with Gasteiger partial charge in [-0.25, -0.2) is 4.79 Å². The van der Waals surface area contributed by atoms with Crippen molar-refractivity contribution >= 4 is 6.09 Å². The van der Waals surface area contributed by atoms with Gasteiger partial charge in [-0.15, -0.1) is 0 Å². The summed E-state index contributed by atoms with van der Waals surface area (Å²) in [7, 11) is 0. The van der Waals surface area contributed by atoms with E-state index in [2.05, 4.69) is 0 Å². The highest BCUT2D eigenvalue weighted by Crippen LogP contribution is 2.48. The van der Waals surface area contributed by atoms with Gasteiger partial charge in [0.15, 0.2) is 0 Å². The first-order chi connectivity index (χ1) is 8.85. The van der Waals surface area contributed by atoms with E-state index >= 15 is 0 Å². The van der Waals surface area contributed by atoms with Crippen molar-refractivity contribution in [3.63, 3.8) is 0 Å². The summed E-state index contributed by atoms with van der Waals surface area (Å²) < 4.78 is 5.53. The molecule has 2 rings (SSSR count). The van der Waals surface area contributed by atoms with E-state index in [0.29, 0.717) is 11.5 Å². The fraction of sp³-hybridized carbons (Fsp3) is 0.933. The van der Waals surface area contributed by atoms with Gasteiger partial charge < -0.3 is 15.4 Å². The molecule has 110 valence electrons. The van der Waals surface area contributed by atoms with E-state index in [4.69, 9.17) is 10.5 Å². The van der Waals surface area contributed by atoms with Crippen molar-refractivity contribution in [3.05, 3.63) is 0 Å². The quantitative estimate of drug-likeness (QED) is 0.834. The van der Waals surface area contributed by atoms with Crippen LogP contribution in [0, 0.1) is 5.41 Å². The monoisotopic (exact) mass is 268 g/mol. The van der Waals surface area contributed by atoms with Gasteiger partial charge in [0.05, 0.1) is 0 Å². The molecule has 2 N–H and O–H groups in total. The van der Waals surface area contributed by atoms with Crippen LogP contribution in [0.15, 0.2) is 0 Å². The van der Waals surface area contributed by atoms with Gasteiger partial charge in [-0.3, -0.25) is 0 Å². The van der Waals surface area contributed by atoms with Crippen LogP contribution in [-0.2, 0) is 4.74 Å². The summed E-state index contributed by atoms with van der Waals surface area (Å²) in [6, 6.07) is 0.392. The van der Waals surface area contributed by atoms with Gasteiger partial charge in [0.2, 0.25) is 0 Å². The van der Waals surface area contributed by atoms with Gasteiger partial charge >= 0.3 is 6.09 Å². The fourth-order valence-corrected chi connectivity index (χ4v) is 2.53. The fourth-order valence-electron chi connectivity index (χ4n) is 2.53. The van der Waals surface area contributed by atoms with Crippen LogP contribution in [-0.4, -0.2) is 35.7 Å². The van der Waals surface area contributed by atoms with E-state index < -0.39 is 5.60 Å². The number of rotatable bonds is 5. The number of nitrogens with zero attached hydrogens (tertiary/aromatic N) is 1. The van der Waals surface area contributed by atoms with Gasteiger partial charge in [-0.2, -0.15) is 0 Å². The summed E-state index contributed by atoms with van der Waals surface area (Å²) in [5.74, 6) is 0. The Hall–Kier alpha value is -0.770. The molecule has 0 aromatic carbocycles. The molecule has 2 saturated carbocycles. The molecule has 0 heterocycles. The minimum atomic E-state index is -0.412. The van der Waals surface area contributed by atoms with E-state index in [9.17, 15) is 4.79 Å². The first kappa shape index (κ1) is 14.6. The molecule has 4 heteroatoms. The Morgan fingerprint density at radius 1 is 1.37 bits per heavy atom. The highest BCUT2D eigenvalue weighted by molar-refractivity contribution is 5.68. The molecular formula is C15H28N2O2. The third-order valence-corrected chi connectivity index (χ3v) is 4.42. The number of hydrogen-bond acceptors (Lipinski definition) is 3. The van der Waals surface area contributed by atoms with Crippen molar-refractivity contribution in [2.75, 3.05) is 13.1 Å². The minimum Gasteiger partial charge on any atom is -0.444 e. The number of hydrogen-bond donors (Lipinski definition) is 1. The first-order valence-electron chi connectivity index (χ1n) is 7.55. The predicted molar refractivity (Wildman–Crippen MR) is 75.9 cm³/mol. The summed E-state index contributed by atoms with van der Waals surface area (Å²) in [5, 5.41) is 0. The van der Waals surface area contributed by atoms with Crippen LogP contribution in [0.2, 0.25) is 0 Å². The van der Waals surface area contributed by atoms with Crippen molar-refractivity contribution in [2.45, 2.75) is 70.9 Å². The first-order valence-corrected chi connectivity index (χ1v) is 7.55. The molecule has 0 bridgehead atoms. The van der Waals surface area contributed by atoms with Crippen molar-refractivity contribution in [3.8, 4) is 0 Å². The predicted octanol–water partition coefficient (Wildman–Crippen LogP) is 2.91. The second-order valence-electron chi connectivity index (χ2n) is 7.21. The molecule has 4 nitrogen and oxygen atoms in total. The van der Waals surface area contributed by atoms with Gasteiger partial charge in [0.1, 0.15) is 5.60 Å². The lowest BCUT2D eigenvalue weighted by atomic mass is 9.91. The topological polar surface area (TPSA) is 55.6 Å². The van der Waals surface area contributed by atoms with Crippen LogP contribution in [0.1, 0.15) is 59.3 Å². The minimum absolute atomic E-state index is 0.148. The molecule has 1 amide bonds. The van der Waals surface area contributed by atoms with Gasteiger partial charge in [-0.05, 0) is 71.3 Å². The van der Waals surface area contributed by atoms with E-state index in [1.807, 2.05) is 25.7 Å². The van der Waals surface area contributed by atoms with Crippen molar-refractivity contribution < 1.29 is 9.53 Å². The average molecular weight is 268 g/mol. The molecule has 0 spiro atoms. The Bertz CT molecular complexity index is 328. The molecule has 2 fully saturated rings. The zero-order valence-corrected chi connectivity index (χ0v) is 12.6. The molecule has 0 atom stereocenters. The van der Waals surface area contributed by atoms with E-state index in [-0.39, 0.29) is 6.09 Å². The average Bonchev–Trinajstić information content (AvgIpc) is 2.99. The Morgan fingerprint density at radius 2 is 2.00 bits per heavy atom. The lowest BCUT2D eigenvalue weighted by molar-refractivity contribution is 0.00548. The van der Waals surface area contributed by atoms with Crippen molar-refractivity contribution in [1.29, 1.82) is 0 Å². The zero-order chi connectivity index (χ0) is 14.1. The van der Waals surface area contributed by atoms with Crippen LogP contribution in [0.3, 0.4) is 0 Å². The van der Waals surface area contributed by atoms with E-state index in [1.54, 1.807) is 0 Å². The van der Waals surface area contributed by atoms with Gasteiger partial charge in [0, 0.05) is 12.6 Å². The smallest absolute Gasteiger partial charge is 0.410 e. The zero-order valence-electron chi connectivity index (χ0n) is 12.6. The highest BCUT2D eigenvalue weighted by atomic mass is 16.6. The Labute approximate surface area is 116 Å². The normalized spacial score (nSPS) is 21.7. The van der Waals surface area contributed by atoms with Crippen LogP contribution in [0.4, 0.5) is 4.79 Å². The molecule has 19 heavy (non-hydrogen) atoms. The second-order valence-corrected chi connectivity index (χ2v) is 7.21.